The highest BCUT2D eigenvalue weighted by atomic mass is 35.5. The average Bonchev–Trinajstić information content (AvgIpc) is 2.51. The van der Waals surface area contributed by atoms with Crippen LogP contribution in [0.4, 0.5) is 14.5 Å². The van der Waals surface area contributed by atoms with Crippen molar-refractivity contribution in [2.24, 2.45) is 0 Å². The largest absolute Gasteiger partial charge is 0.452 e. The molecule has 2 aromatic carbocycles. The molecule has 0 aliphatic rings. The first-order valence-electron chi connectivity index (χ1n) is 6.24. The predicted molar refractivity (Wildman–Crippen MR) is 81.7 cm³/mol. The number of esters is 1. The molecule has 4 nitrogen and oxygen atoms in total. The Morgan fingerprint density at radius 3 is 2.48 bits per heavy atom. The quantitative estimate of drug-likeness (QED) is 0.837. The smallest absolute Gasteiger partial charge is 0.338 e. The Morgan fingerprint density at radius 2 is 1.78 bits per heavy atom. The summed E-state index contributed by atoms with van der Waals surface area (Å²) in [5.41, 5.74) is -0.246. The van der Waals surface area contributed by atoms with Gasteiger partial charge in [0.2, 0.25) is 0 Å². The Bertz CT molecular complexity index is 768. The second kappa shape index (κ2) is 7.39. The van der Waals surface area contributed by atoms with Gasteiger partial charge in [-0.25, -0.2) is 13.6 Å². The zero-order chi connectivity index (χ0) is 17.0. The highest BCUT2D eigenvalue weighted by molar-refractivity contribution is 6.42. The van der Waals surface area contributed by atoms with Gasteiger partial charge in [0.25, 0.3) is 5.91 Å². The number of ether oxygens (including phenoxy) is 1. The number of hydrogen-bond donors (Lipinski definition) is 1. The predicted octanol–water partition coefficient (Wildman–Crippen LogP) is 4.07. The number of anilines is 1. The van der Waals surface area contributed by atoms with Gasteiger partial charge < -0.3 is 10.1 Å². The third-order valence-corrected chi connectivity index (χ3v) is 3.43. The summed E-state index contributed by atoms with van der Waals surface area (Å²) in [4.78, 5) is 23.4. The Morgan fingerprint density at radius 1 is 1.04 bits per heavy atom. The van der Waals surface area contributed by atoms with Gasteiger partial charge in [0, 0.05) is 6.07 Å². The zero-order valence-electron chi connectivity index (χ0n) is 11.4. The minimum Gasteiger partial charge on any atom is -0.452 e. The molecule has 0 aromatic heterocycles. The molecule has 0 bridgehead atoms. The van der Waals surface area contributed by atoms with E-state index in [0.717, 1.165) is 18.2 Å². The van der Waals surface area contributed by atoms with E-state index in [-0.39, 0.29) is 21.3 Å². The van der Waals surface area contributed by atoms with Crippen molar-refractivity contribution in [2.45, 2.75) is 0 Å². The second-order valence-corrected chi connectivity index (χ2v) is 5.19. The highest BCUT2D eigenvalue weighted by Crippen LogP contribution is 2.23. The van der Waals surface area contributed by atoms with Crippen molar-refractivity contribution < 1.29 is 23.1 Å². The fourth-order valence-corrected chi connectivity index (χ4v) is 1.92. The van der Waals surface area contributed by atoms with Crippen molar-refractivity contribution in [1.82, 2.24) is 0 Å². The van der Waals surface area contributed by atoms with Crippen molar-refractivity contribution in [3.8, 4) is 0 Å². The van der Waals surface area contributed by atoms with Gasteiger partial charge in [-0.15, -0.1) is 0 Å². The van der Waals surface area contributed by atoms with E-state index in [9.17, 15) is 18.4 Å². The fraction of sp³-hybridized carbons (Fsp3) is 0.0667. The van der Waals surface area contributed by atoms with Crippen LogP contribution < -0.4 is 5.32 Å². The van der Waals surface area contributed by atoms with E-state index >= 15 is 0 Å². The van der Waals surface area contributed by atoms with Gasteiger partial charge in [0.05, 0.1) is 21.3 Å². The second-order valence-electron chi connectivity index (χ2n) is 4.38. The summed E-state index contributed by atoms with van der Waals surface area (Å²) in [6.45, 7) is -0.672. The van der Waals surface area contributed by atoms with Crippen LogP contribution in [0.1, 0.15) is 10.4 Å². The van der Waals surface area contributed by atoms with Crippen LogP contribution in [0.25, 0.3) is 0 Å². The molecule has 8 heteroatoms. The summed E-state index contributed by atoms with van der Waals surface area (Å²) in [5.74, 6) is -3.15. The Balaban J connectivity index is 1.94. The highest BCUT2D eigenvalue weighted by Gasteiger charge is 2.13. The van der Waals surface area contributed by atoms with Crippen LogP contribution in [0.5, 0.6) is 0 Å². The van der Waals surface area contributed by atoms with Gasteiger partial charge >= 0.3 is 5.97 Å². The molecule has 2 aromatic rings. The number of carbonyl (C=O) groups is 2. The number of nitrogens with one attached hydrogen (secondary N) is 1. The maximum atomic E-state index is 13.4. The fourth-order valence-electron chi connectivity index (χ4n) is 1.62. The topological polar surface area (TPSA) is 55.4 Å². The number of amides is 1. The molecule has 0 spiro atoms. The molecule has 23 heavy (non-hydrogen) atoms. The maximum Gasteiger partial charge on any atom is 0.338 e. The normalized spacial score (nSPS) is 10.3. The summed E-state index contributed by atoms with van der Waals surface area (Å²) in [6, 6.07) is 6.66. The molecular formula is C15H9Cl2F2NO3. The average molecular weight is 360 g/mol. The van der Waals surface area contributed by atoms with Crippen LogP contribution in [0.15, 0.2) is 36.4 Å². The molecule has 0 aliphatic carbocycles. The molecule has 0 saturated carbocycles. The molecule has 0 heterocycles. The lowest BCUT2D eigenvalue weighted by Crippen LogP contribution is -2.21. The lowest BCUT2D eigenvalue weighted by molar-refractivity contribution is -0.119. The van der Waals surface area contributed by atoms with Gasteiger partial charge in [0.1, 0.15) is 11.6 Å². The first kappa shape index (κ1) is 17.2. The van der Waals surface area contributed by atoms with Crippen LogP contribution in [0.3, 0.4) is 0 Å². The van der Waals surface area contributed by atoms with Gasteiger partial charge in [-0.05, 0) is 30.3 Å². The Hall–Kier alpha value is -2.18. The van der Waals surface area contributed by atoms with Gasteiger partial charge in [0.15, 0.2) is 6.61 Å². The van der Waals surface area contributed by atoms with Crippen LogP contribution in [-0.4, -0.2) is 18.5 Å². The summed E-state index contributed by atoms with van der Waals surface area (Å²) in [7, 11) is 0. The molecule has 1 N–H and O–H groups in total. The molecular weight excluding hydrogens is 351 g/mol. The van der Waals surface area contributed by atoms with E-state index in [1.165, 1.54) is 18.2 Å². The molecule has 2 rings (SSSR count). The van der Waals surface area contributed by atoms with E-state index in [1.807, 2.05) is 0 Å². The molecule has 120 valence electrons. The van der Waals surface area contributed by atoms with E-state index in [0.29, 0.717) is 0 Å². The minimum absolute atomic E-state index is 0.101. The van der Waals surface area contributed by atoms with Crippen molar-refractivity contribution >= 4 is 40.8 Å². The van der Waals surface area contributed by atoms with E-state index in [1.54, 1.807) is 0 Å². The molecule has 0 atom stereocenters. The van der Waals surface area contributed by atoms with Crippen LogP contribution in [0, 0.1) is 11.6 Å². The summed E-state index contributed by atoms with van der Waals surface area (Å²) >= 11 is 11.5. The monoisotopic (exact) mass is 359 g/mol. The van der Waals surface area contributed by atoms with Gasteiger partial charge in [-0.3, -0.25) is 4.79 Å². The molecule has 1 amide bonds. The number of carbonyl (C=O) groups excluding carboxylic acids is 2. The molecule has 0 unspecified atom stereocenters. The van der Waals surface area contributed by atoms with Crippen LogP contribution >= 0.6 is 23.2 Å². The Kier molecular flexibility index (Phi) is 5.52. The number of halogens is 4. The van der Waals surface area contributed by atoms with Crippen LogP contribution in [-0.2, 0) is 9.53 Å². The van der Waals surface area contributed by atoms with Crippen LogP contribution in [0.2, 0.25) is 10.0 Å². The lowest BCUT2D eigenvalue weighted by Gasteiger charge is -2.08. The number of hydrogen-bond acceptors (Lipinski definition) is 3. The van der Waals surface area contributed by atoms with Gasteiger partial charge in [-0.2, -0.15) is 0 Å². The summed E-state index contributed by atoms with van der Waals surface area (Å²) in [5, 5.41) is 2.53. The summed E-state index contributed by atoms with van der Waals surface area (Å²) in [6.07, 6.45) is 0. The zero-order valence-corrected chi connectivity index (χ0v) is 12.9. The molecule has 0 saturated heterocycles. The standard InChI is InChI=1S/C15H9Cl2F2NO3/c16-10-3-1-8(5-11(10)17)15(22)23-7-14(21)20-13-6-9(18)2-4-12(13)19/h1-6H,7H2,(H,20,21). The van der Waals surface area contributed by atoms with Crippen molar-refractivity contribution in [1.29, 1.82) is 0 Å². The SMILES string of the molecule is O=C(COC(=O)c1ccc(Cl)c(Cl)c1)Nc1cc(F)ccc1F. The van der Waals surface area contributed by atoms with Crippen molar-refractivity contribution in [3.63, 3.8) is 0 Å². The minimum atomic E-state index is -0.817. The summed E-state index contributed by atoms with van der Waals surface area (Å²) < 4.78 is 31.1. The first-order chi connectivity index (χ1) is 10.9. The maximum absolute atomic E-state index is 13.4. The van der Waals surface area contributed by atoms with E-state index < -0.39 is 30.1 Å². The molecule has 0 radical (unpaired) electrons. The number of rotatable bonds is 4. The molecule has 0 aliphatic heterocycles. The third kappa shape index (κ3) is 4.64. The van der Waals surface area contributed by atoms with E-state index in [2.05, 4.69) is 5.32 Å². The number of benzene rings is 2. The van der Waals surface area contributed by atoms with E-state index in [4.69, 9.17) is 27.9 Å². The van der Waals surface area contributed by atoms with Crippen molar-refractivity contribution in [2.75, 3.05) is 11.9 Å². The van der Waals surface area contributed by atoms with Gasteiger partial charge in [-0.1, -0.05) is 23.2 Å². The lowest BCUT2D eigenvalue weighted by atomic mass is 10.2. The van der Waals surface area contributed by atoms with Crippen molar-refractivity contribution in [3.05, 3.63) is 63.6 Å². The molecule has 0 fully saturated rings. The first-order valence-corrected chi connectivity index (χ1v) is 6.99. The third-order valence-electron chi connectivity index (χ3n) is 2.69. The Labute approximate surface area is 140 Å².